The van der Waals surface area contributed by atoms with Crippen LogP contribution in [0.1, 0.15) is 45.6 Å². The fourth-order valence-electron chi connectivity index (χ4n) is 2.73. The lowest BCUT2D eigenvalue weighted by Crippen LogP contribution is -2.37. The zero-order chi connectivity index (χ0) is 17.0. The van der Waals surface area contributed by atoms with Crippen molar-refractivity contribution in [1.82, 2.24) is 4.90 Å². The molecule has 5 heteroatoms. The van der Waals surface area contributed by atoms with E-state index in [1.165, 1.54) is 0 Å². The van der Waals surface area contributed by atoms with Crippen molar-refractivity contribution in [1.29, 1.82) is 0 Å². The molecule has 1 heterocycles. The second kappa shape index (κ2) is 7.11. The number of carbonyl (C=O) groups is 1. The molecule has 0 aliphatic carbocycles. The van der Waals surface area contributed by atoms with Gasteiger partial charge in [0.15, 0.2) is 0 Å². The molecular weight excluding hydrogens is 292 g/mol. The number of hydrogen-bond acceptors (Lipinski definition) is 4. The van der Waals surface area contributed by atoms with E-state index in [9.17, 15) is 9.90 Å². The fraction of sp³-hybridized carbons (Fsp3) is 0.611. The quantitative estimate of drug-likeness (QED) is 0.811. The molecule has 23 heavy (non-hydrogen) atoms. The fourth-order valence-corrected chi connectivity index (χ4v) is 2.73. The highest BCUT2D eigenvalue weighted by Gasteiger charge is 2.25. The maximum Gasteiger partial charge on any atom is 0.410 e. The number of nitrogens with one attached hydrogen (secondary N) is 1. The maximum atomic E-state index is 12.2. The predicted molar refractivity (Wildman–Crippen MR) is 91.9 cm³/mol. The smallest absolute Gasteiger partial charge is 0.410 e. The molecule has 1 aliphatic heterocycles. The zero-order valence-corrected chi connectivity index (χ0v) is 14.6. The van der Waals surface area contributed by atoms with E-state index in [1.54, 1.807) is 11.0 Å². The highest BCUT2D eigenvalue weighted by Crippen LogP contribution is 2.23. The van der Waals surface area contributed by atoms with Gasteiger partial charge in [-0.3, -0.25) is 0 Å². The summed E-state index contributed by atoms with van der Waals surface area (Å²) in [6.45, 7) is 8.99. The molecule has 1 aromatic rings. The molecule has 1 aliphatic rings. The van der Waals surface area contributed by atoms with Gasteiger partial charge in [-0.2, -0.15) is 0 Å². The van der Waals surface area contributed by atoms with E-state index < -0.39 is 5.60 Å². The molecule has 1 atom stereocenters. The van der Waals surface area contributed by atoms with Gasteiger partial charge in [0.25, 0.3) is 0 Å². The third-order valence-corrected chi connectivity index (χ3v) is 3.95. The van der Waals surface area contributed by atoms with Crippen molar-refractivity contribution in [2.75, 3.05) is 18.4 Å². The second-order valence-corrected chi connectivity index (χ2v) is 7.24. The molecule has 1 unspecified atom stereocenters. The Kier molecular flexibility index (Phi) is 5.39. The monoisotopic (exact) mass is 320 g/mol. The van der Waals surface area contributed by atoms with Gasteiger partial charge in [0.2, 0.25) is 0 Å². The highest BCUT2D eigenvalue weighted by molar-refractivity contribution is 5.68. The molecule has 1 aromatic carbocycles. The summed E-state index contributed by atoms with van der Waals surface area (Å²) in [7, 11) is 0. The average Bonchev–Trinajstić information content (AvgIpc) is 2.67. The summed E-state index contributed by atoms with van der Waals surface area (Å²) >= 11 is 0. The summed E-state index contributed by atoms with van der Waals surface area (Å²) in [6.07, 6.45) is 2.63. The van der Waals surface area contributed by atoms with Crippen LogP contribution in [0.5, 0.6) is 5.75 Å². The van der Waals surface area contributed by atoms with Crippen LogP contribution in [0.4, 0.5) is 10.5 Å². The minimum absolute atomic E-state index is 0.223. The highest BCUT2D eigenvalue weighted by atomic mass is 16.6. The van der Waals surface area contributed by atoms with Gasteiger partial charge in [0, 0.05) is 24.8 Å². The number of aryl methyl sites for hydroxylation is 1. The van der Waals surface area contributed by atoms with Crippen molar-refractivity contribution in [3.63, 3.8) is 0 Å². The number of hydrogen-bond donors (Lipinski definition) is 2. The van der Waals surface area contributed by atoms with E-state index in [0.29, 0.717) is 18.3 Å². The number of likely N-dealkylation sites (tertiary alicyclic amines) is 1. The zero-order valence-electron chi connectivity index (χ0n) is 14.6. The molecule has 2 N–H and O–H groups in total. The van der Waals surface area contributed by atoms with E-state index in [0.717, 1.165) is 37.1 Å². The van der Waals surface area contributed by atoms with Gasteiger partial charge in [-0.15, -0.1) is 0 Å². The minimum atomic E-state index is -0.454. The molecule has 0 spiro atoms. The molecule has 0 radical (unpaired) electrons. The van der Waals surface area contributed by atoms with Crippen LogP contribution in [0.3, 0.4) is 0 Å². The Balaban J connectivity index is 1.90. The number of carbonyl (C=O) groups excluding carboxylic acids is 1. The predicted octanol–water partition coefficient (Wildman–Crippen LogP) is 3.90. The Labute approximate surface area is 138 Å². The first-order valence-corrected chi connectivity index (χ1v) is 8.29. The number of aromatic hydroxyl groups is 1. The topological polar surface area (TPSA) is 61.8 Å². The summed E-state index contributed by atoms with van der Waals surface area (Å²) in [4.78, 5) is 14.0. The van der Waals surface area contributed by atoms with Gasteiger partial charge in [-0.05, 0) is 70.7 Å². The van der Waals surface area contributed by atoms with Gasteiger partial charge >= 0.3 is 6.09 Å². The summed E-state index contributed by atoms with van der Waals surface area (Å²) in [5, 5.41) is 13.1. The molecule has 0 aromatic heterocycles. The van der Waals surface area contributed by atoms with Crippen molar-refractivity contribution in [2.45, 2.75) is 58.6 Å². The summed E-state index contributed by atoms with van der Waals surface area (Å²) in [5.41, 5.74) is 1.42. The lowest BCUT2D eigenvalue weighted by Gasteiger charge is -2.26. The number of benzene rings is 1. The molecule has 1 amide bonds. The van der Waals surface area contributed by atoms with Crippen LogP contribution < -0.4 is 5.32 Å². The Morgan fingerprint density at radius 1 is 1.30 bits per heavy atom. The van der Waals surface area contributed by atoms with E-state index in [-0.39, 0.29) is 6.09 Å². The first kappa shape index (κ1) is 17.4. The molecule has 2 rings (SSSR count). The van der Waals surface area contributed by atoms with E-state index in [1.807, 2.05) is 39.8 Å². The standard InChI is InChI=1S/C18H28N2O3/c1-13-12-15(7-8-16(13)21)19-14-6-5-10-20(11-9-14)17(22)23-18(2,3)4/h7-8,12,14,19,21H,5-6,9-11H2,1-4H3. The Hall–Kier alpha value is -1.91. The summed E-state index contributed by atoms with van der Waals surface area (Å²) < 4.78 is 5.45. The van der Waals surface area contributed by atoms with Crippen LogP contribution in [-0.4, -0.2) is 40.8 Å². The number of rotatable bonds is 2. The van der Waals surface area contributed by atoms with Crippen LogP contribution in [-0.2, 0) is 4.74 Å². The third-order valence-electron chi connectivity index (χ3n) is 3.95. The molecule has 1 saturated heterocycles. The minimum Gasteiger partial charge on any atom is -0.508 e. The third kappa shape index (κ3) is 5.34. The van der Waals surface area contributed by atoms with Gasteiger partial charge in [-0.1, -0.05) is 0 Å². The Morgan fingerprint density at radius 3 is 2.70 bits per heavy atom. The first-order valence-electron chi connectivity index (χ1n) is 8.29. The molecule has 1 fully saturated rings. The van der Waals surface area contributed by atoms with Crippen molar-refractivity contribution >= 4 is 11.8 Å². The van der Waals surface area contributed by atoms with Crippen molar-refractivity contribution in [3.05, 3.63) is 23.8 Å². The maximum absolute atomic E-state index is 12.2. The van der Waals surface area contributed by atoms with Crippen LogP contribution in [0.15, 0.2) is 18.2 Å². The number of anilines is 1. The van der Waals surface area contributed by atoms with E-state index in [4.69, 9.17) is 4.74 Å². The normalized spacial score (nSPS) is 19.1. The van der Waals surface area contributed by atoms with Gasteiger partial charge in [0.1, 0.15) is 11.4 Å². The number of amides is 1. The molecule has 128 valence electrons. The molecule has 5 nitrogen and oxygen atoms in total. The van der Waals surface area contributed by atoms with E-state index >= 15 is 0 Å². The van der Waals surface area contributed by atoms with Gasteiger partial charge in [0.05, 0.1) is 0 Å². The molecule has 0 saturated carbocycles. The van der Waals surface area contributed by atoms with E-state index in [2.05, 4.69) is 5.32 Å². The van der Waals surface area contributed by atoms with Gasteiger partial charge < -0.3 is 20.1 Å². The molecular formula is C18H28N2O3. The van der Waals surface area contributed by atoms with Gasteiger partial charge in [-0.25, -0.2) is 4.79 Å². The van der Waals surface area contributed by atoms with Crippen molar-refractivity contribution < 1.29 is 14.6 Å². The van der Waals surface area contributed by atoms with Crippen LogP contribution in [0.25, 0.3) is 0 Å². The first-order chi connectivity index (χ1) is 10.7. The Bertz CT molecular complexity index is 552. The van der Waals surface area contributed by atoms with Crippen LogP contribution in [0, 0.1) is 6.92 Å². The lowest BCUT2D eigenvalue weighted by atomic mass is 10.1. The second-order valence-electron chi connectivity index (χ2n) is 7.24. The number of ether oxygens (including phenoxy) is 1. The van der Waals surface area contributed by atoms with Crippen LogP contribution >= 0.6 is 0 Å². The number of phenols is 1. The SMILES string of the molecule is Cc1cc(NC2CCCN(C(=O)OC(C)(C)C)CC2)ccc1O. The largest absolute Gasteiger partial charge is 0.508 e. The lowest BCUT2D eigenvalue weighted by molar-refractivity contribution is 0.0256. The van der Waals surface area contributed by atoms with Crippen molar-refractivity contribution in [3.8, 4) is 5.75 Å². The number of nitrogens with zero attached hydrogens (tertiary/aromatic N) is 1. The molecule has 0 bridgehead atoms. The van der Waals surface area contributed by atoms with Crippen LogP contribution in [0.2, 0.25) is 0 Å². The summed E-state index contributed by atoms with van der Waals surface area (Å²) in [6, 6.07) is 5.87. The van der Waals surface area contributed by atoms with Crippen molar-refractivity contribution in [2.24, 2.45) is 0 Å². The number of phenolic OH excluding ortho intramolecular Hbond substituents is 1. The Morgan fingerprint density at radius 2 is 2.04 bits per heavy atom. The average molecular weight is 320 g/mol. The summed E-state index contributed by atoms with van der Waals surface area (Å²) in [5.74, 6) is 0.313.